The minimum atomic E-state index is -4.46. The van der Waals surface area contributed by atoms with Crippen LogP contribution in [0.2, 0.25) is 0 Å². The summed E-state index contributed by atoms with van der Waals surface area (Å²) in [7, 11) is -4.46. The van der Waals surface area contributed by atoms with Crippen LogP contribution in [0.4, 0.5) is 4.79 Å². The van der Waals surface area contributed by atoms with Gasteiger partial charge in [0.2, 0.25) is 17.5 Å². The number of nitrogens with two attached hydrogens (primary N) is 1. The summed E-state index contributed by atoms with van der Waals surface area (Å²) >= 11 is 0. The Balaban J connectivity index is 1.79. The van der Waals surface area contributed by atoms with E-state index in [0.717, 1.165) is 24.4 Å². The number of carbonyl (C=O) groups excluding carboxylic acids is 5. The molecule has 0 fully saturated rings. The second-order valence-electron chi connectivity index (χ2n) is 10.6. The quantitative estimate of drug-likeness (QED) is 0.0967. The summed E-state index contributed by atoms with van der Waals surface area (Å²) in [5, 5.41) is 3.69. The second-order valence-corrected chi connectivity index (χ2v) is 12.3. The number of benzene rings is 2. The molecule has 1 heterocycles. The van der Waals surface area contributed by atoms with Crippen molar-refractivity contribution in [2.45, 2.75) is 45.2 Å². The lowest BCUT2D eigenvalue weighted by atomic mass is 9.95. The highest BCUT2D eigenvalue weighted by Crippen LogP contribution is 2.27. The van der Waals surface area contributed by atoms with Crippen LogP contribution in [0.25, 0.3) is 0 Å². The number of ketones is 2. The largest absolute Gasteiger partial charge is 0.483 e. The van der Waals surface area contributed by atoms with Gasteiger partial charge >= 0.3 is 6.09 Å². The number of nitrogens with zero attached hydrogens (tertiary/aromatic N) is 2. The normalized spacial score (nSPS) is 11.9. The van der Waals surface area contributed by atoms with Gasteiger partial charge in [-0.1, -0.05) is 58.0 Å². The number of sulfonamides is 1. The molecule has 16 heteroatoms. The monoisotopic (exact) mass is 682 g/mol. The Bertz CT molecular complexity index is 1730. The molecule has 0 saturated carbocycles. The van der Waals surface area contributed by atoms with Crippen molar-refractivity contribution in [1.82, 2.24) is 25.5 Å². The van der Waals surface area contributed by atoms with E-state index in [4.69, 9.17) is 15.2 Å². The molecule has 3 amide bonds. The predicted molar refractivity (Wildman–Crippen MR) is 173 cm³/mol. The summed E-state index contributed by atoms with van der Waals surface area (Å²) in [5.41, 5.74) is 8.69. The zero-order valence-corrected chi connectivity index (χ0v) is 27.7. The zero-order chi connectivity index (χ0) is 35.4. The number of ether oxygens (including phenoxy) is 2. The molecule has 0 saturated heterocycles. The molecule has 0 spiro atoms. The van der Waals surface area contributed by atoms with Crippen molar-refractivity contribution in [2.24, 2.45) is 11.7 Å². The van der Waals surface area contributed by atoms with Gasteiger partial charge in [0, 0.05) is 30.9 Å². The van der Waals surface area contributed by atoms with Gasteiger partial charge in [0.1, 0.15) is 6.61 Å². The van der Waals surface area contributed by atoms with Crippen molar-refractivity contribution in [1.29, 1.82) is 0 Å². The Labute approximate surface area is 278 Å². The Morgan fingerprint density at radius 1 is 0.938 bits per heavy atom. The first kappa shape index (κ1) is 37.4. The van der Waals surface area contributed by atoms with E-state index in [-0.39, 0.29) is 34.3 Å². The van der Waals surface area contributed by atoms with E-state index in [1.807, 2.05) is 42.7 Å². The van der Waals surface area contributed by atoms with Crippen LogP contribution in [0.15, 0.2) is 71.8 Å². The van der Waals surface area contributed by atoms with E-state index in [1.54, 1.807) is 30.3 Å². The van der Waals surface area contributed by atoms with Crippen LogP contribution in [0.5, 0.6) is 11.6 Å². The van der Waals surface area contributed by atoms with E-state index < -0.39 is 58.0 Å². The third-order valence-corrected chi connectivity index (χ3v) is 8.19. The number of amides is 3. The number of Topliss-reactive ketones (excluding diaryl/α,β-unsaturated/α-hetero) is 2. The Morgan fingerprint density at radius 3 is 2.17 bits per heavy atom. The number of hydrazine groups is 1. The topological polar surface area (TPSA) is 216 Å². The number of hydrogen-bond acceptors (Lipinski definition) is 13. The lowest BCUT2D eigenvalue weighted by Gasteiger charge is -2.28. The maximum absolute atomic E-state index is 13.1. The first-order chi connectivity index (χ1) is 22.8. The molecule has 0 unspecified atom stereocenters. The molecule has 0 aliphatic heterocycles. The fraction of sp³-hybridized carbons (Fsp3) is 0.312. The first-order valence-corrected chi connectivity index (χ1v) is 16.4. The molecule has 5 N–H and O–H groups in total. The van der Waals surface area contributed by atoms with E-state index in [1.165, 1.54) is 12.1 Å². The summed E-state index contributed by atoms with van der Waals surface area (Å²) in [6.07, 6.45) is -0.260. The molecule has 0 bridgehead atoms. The van der Waals surface area contributed by atoms with Crippen LogP contribution >= 0.6 is 0 Å². The average molecular weight is 683 g/mol. The third-order valence-electron chi connectivity index (χ3n) is 6.85. The van der Waals surface area contributed by atoms with Crippen LogP contribution in [0, 0.1) is 5.92 Å². The minimum Gasteiger partial charge on any atom is -0.483 e. The minimum absolute atomic E-state index is 0.0190. The van der Waals surface area contributed by atoms with Crippen LogP contribution in [0.1, 0.15) is 54.0 Å². The Kier molecular flexibility index (Phi) is 13.4. The van der Waals surface area contributed by atoms with E-state index >= 15 is 0 Å². The van der Waals surface area contributed by atoms with Gasteiger partial charge in [0.25, 0.3) is 21.8 Å². The Morgan fingerprint density at radius 2 is 1.58 bits per heavy atom. The molecule has 48 heavy (non-hydrogen) atoms. The lowest BCUT2D eigenvalue weighted by molar-refractivity contribution is -0.120. The fourth-order valence-corrected chi connectivity index (χ4v) is 5.15. The number of carbonyl (C=O) groups is 5. The van der Waals surface area contributed by atoms with Crippen LogP contribution in [-0.4, -0.2) is 73.6 Å². The molecule has 2 aromatic carbocycles. The van der Waals surface area contributed by atoms with E-state index in [2.05, 4.69) is 10.4 Å². The highest BCUT2D eigenvalue weighted by Gasteiger charge is 2.30. The van der Waals surface area contributed by atoms with E-state index in [9.17, 15) is 32.4 Å². The van der Waals surface area contributed by atoms with E-state index in [0.29, 0.717) is 18.7 Å². The smallest absolute Gasteiger partial charge is 0.420 e. The van der Waals surface area contributed by atoms with Crippen molar-refractivity contribution in [2.75, 3.05) is 19.6 Å². The number of rotatable bonds is 16. The zero-order valence-electron chi connectivity index (χ0n) is 26.9. The molecular formula is C32H38N6O9S. The number of imide groups is 1. The molecule has 3 rings (SSSR count). The van der Waals surface area contributed by atoms with Gasteiger partial charge in [-0.2, -0.15) is 0 Å². The molecule has 256 valence electrons. The highest BCUT2D eigenvalue weighted by atomic mass is 32.2. The van der Waals surface area contributed by atoms with Gasteiger partial charge in [0.05, 0.1) is 23.0 Å². The Hall–Kier alpha value is -5.03. The van der Waals surface area contributed by atoms with Crippen LogP contribution in [-0.2, 0) is 26.2 Å². The third kappa shape index (κ3) is 10.2. The second kappa shape index (κ2) is 17.2. The maximum atomic E-state index is 13.1. The number of nitrogens with one attached hydrogen (secondary N) is 3. The molecule has 0 radical (unpaired) electrons. The number of pyridine rings is 1. The van der Waals surface area contributed by atoms with Gasteiger partial charge in [0.15, 0.2) is 5.75 Å². The SMILES string of the molecule is CCN(CC)N[C@H](C(=O)C(=O)c1ccc(S(=O)(=O)NC(=O)c2cnc(OC(=O)NC(=O)CN)c(OCc3ccccc3)c2)cc1)C(C)C. The van der Waals surface area contributed by atoms with Gasteiger partial charge < -0.3 is 15.2 Å². The van der Waals surface area contributed by atoms with Gasteiger partial charge in [-0.05, 0) is 35.7 Å². The van der Waals surface area contributed by atoms with Crippen LogP contribution in [0.3, 0.4) is 0 Å². The maximum Gasteiger partial charge on any atom is 0.420 e. The van der Waals surface area contributed by atoms with Crippen molar-refractivity contribution >= 4 is 39.5 Å². The van der Waals surface area contributed by atoms with Crippen LogP contribution < -0.4 is 30.7 Å². The number of aromatic nitrogens is 1. The summed E-state index contributed by atoms with van der Waals surface area (Å²) < 4.78 is 38.8. The van der Waals surface area contributed by atoms with Crippen molar-refractivity contribution in [3.8, 4) is 11.6 Å². The number of hydrogen-bond donors (Lipinski definition) is 4. The highest BCUT2D eigenvalue weighted by molar-refractivity contribution is 7.90. The lowest BCUT2D eigenvalue weighted by Crippen LogP contribution is -2.52. The summed E-state index contributed by atoms with van der Waals surface area (Å²) in [4.78, 5) is 66.2. The van der Waals surface area contributed by atoms with Gasteiger partial charge in [-0.3, -0.25) is 24.5 Å². The van der Waals surface area contributed by atoms with Crippen molar-refractivity contribution in [3.63, 3.8) is 0 Å². The molecule has 15 nitrogen and oxygen atoms in total. The molecular weight excluding hydrogens is 644 g/mol. The average Bonchev–Trinajstić information content (AvgIpc) is 3.07. The van der Waals surface area contributed by atoms with Crippen molar-refractivity contribution in [3.05, 3.63) is 83.6 Å². The molecule has 1 aromatic heterocycles. The van der Waals surface area contributed by atoms with Gasteiger partial charge in [-0.25, -0.2) is 33.4 Å². The molecule has 1 atom stereocenters. The summed E-state index contributed by atoms with van der Waals surface area (Å²) in [6, 6.07) is 13.7. The van der Waals surface area contributed by atoms with Gasteiger partial charge in [-0.15, -0.1) is 0 Å². The standard InChI is InChI=1S/C32H38N6O9S/c1-5-38(6-2)36-27(20(3)4)29(41)28(40)22-12-14-24(15-13-22)48(44,45)37-30(42)23-16-25(46-19-21-10-8-7-9-11-21)31(34-18-23)47-32(43)35-26(39)17-33/h7-16,18,20,27,36H,5-6,17,19,33H2,1-4H3,(H,37,42)(H,35,39,43)/t27-/m0/s1. The molecule has 0 aliphatic rings. The first-order valence-electron chi connectivity index (χ1n) is 14.9. The molecule has 0 aliphatic carbocycles. The predicted octanol–water partition coefficient (Wildman–Crippen LogP) is 1.98. The summed E-state index contributed by atoms with van der Waals surface area (Å²) in [6.45, 7) is 8.15. The summed E-state index contributed by atoms with van der Waals surface area (Å²) in [5.74, 6) is -4.19. The fourth-order valence-electron chi connectivity index (χ4n) is 4.17. The van der Waals surface area contributed by atoms with Crippen molar-refractivity contribution < 1.29 is 41.9 Å². The molecule has 3 aromatic rings.